The molecule has 0 fully saturated rings. The van der Waals surface area contributed by atoms with Crippen LogP contribution in [-0.4, -0.2) is 17.3 Å². The number of ether oxygens (including phenoxy) is 1. The molecule has 2 rings (SSSR count). The van der Waals surface area contributed by atoms with E-state index in [1.165, 1.54) is 0 Å². The van der Waals surface area contributed by atoms with Crippen LogP contribution in [-0.2, 0) is 0 Å². The smallest absolute Gasteiger partial charge is 0.319 e. The zero-order valence-corrected chi connectivity index (χ0v) is 7.60. The SMILES string of the molecule is COc1cccc(-c2noc(N)n2)c1. The summed E-state index contributed by atoms with van der Waals surface area (Å²) in [5.41, 5.74) is 6.12. The highest BCUT2D eigenvalue weighted by atomic mass is 16.5. The molecule has 0 atom stereocenters. The number of methoxy groups -OCH3 is 1. The molecular formula is C9H9N3O2. The Balaban J connectivity index is 2.41. The summed E-state index contributed by atoms with van der Waals surface area (Å²) < 4.78 is 9.73. The molecule has 0 aliphatic carbocycles. The molecule has 0 amide bonds. The van der Waals surface area contributed by atoms with Gasteiger partial charge in [0.05, 0.1) is 7.11 Å². The quantitative estimate of drug-likeness (QED) is 0.775. The maximum atomic E-state index is 5.31. The van der Waals surface area contributed by atoms with Crippen LogP contribution in [0.15, 0.2) is 28.8 Å². The number of rotatable bonds is 2. The van der Waals surface area contributed by atoms with Gasteiger partial charge in [0.15, 0.2) is 0 Å². The van der Waals surface area contributed by atoms with Crippen molar-refractivity contribution in [1.82, 2.24) is 10.1 Å². The molecular weight excluding hydrogens is 182 g/mol. The first kappa shape index (κ1) is 8.55. The standard InChI is InChI=1S/C9H9N3O2/c1-13-7-4-2-3-6(5-7)8-11-9(10)14-12-8/h2-5H,1H3,(H2,10,11,12). The molecule has 1 heterocycles. The van der Waals surface area contributed by atoms with Crippen molar-refractivity contribution in [3.8, 4) is 17.1 Å². The summed E-state index contributed by atoms with van der Waals surface area (Å²) in [6.07, 6.45) is 0. The minimum absolute atomic E-state index is 0.0582. The average molecular weight is 191 g/mol. The van der Waals surface area contributed by atoms with Crippen LogP contribution in [0.5, 0.6) is 5.75 Å². The molecule has 72 valence electrons. The molecule has 1 aromatic heterocycles. The zero-order valence-electron chi connectivity index (χ0n) is 7.60. The number of benzene rings is 1. The summed E-state index contributed by atoms with van der Waals surface area (Å²) in [5.74, 6) is 1.20. The van der Waals surface area contributed by atoms with E-state index in [0.29, 0.717) is 5.82 Å². The highest BCUT2D eigenvalue weighted by molar-refractivity contribution is 5.57. The minimum Gasteiger partial charge on any atom is -0.497 e. The summed E-state index contributed by atoms with van der Waals surface area (Å²) in [6.45, 7) is 0. The van der Waals surface area contributed by atoms with Crippen LogP contribution < -0.4 is 10.5 Å². The van der Waals surface area contributed by atoms with Crippen LogP contribution in [0, 0.1) is 0 Å². The van der Waals surface area contributed by atoms with Gasteiger partial charge >= 0.3 is 6.01 Å². The third-order valence-electron chi connectivity index (χ3n) is 1.77. The van der Waals surface area contributed by atoms with E-state index in [0.717, 1.165) is 11.3 Å². The Hall–Kier alpha value is -2.04. The van der Waals surface area contributed by atoms with E-state index >= 15 is 0 Å². The van der Waals surface area contributed by atoms with Gasteiger partial charge in [-0.2, -0.15) is 4.98 Å². The van der Waals surface area contributed by atoms with Crippen molar-refractivity contribution in [2.75, 3.05) is 12.8 Å². The van der Waals surface area contributed by atoms with Crippen LogP contribution >= 0.6 is 0 Å². The first-order valence-corrected chi connectivity index (χ1v) is 4.03. The maximum Gasteiger partial charge on any atom is 0.319 e. The Morgan fingerprint density at radius 2 is 2.29 bits per heavy atom. The third kappa shape index (κ3) is 1.52. The van der Waals surface area contributed by atoms with Crippen LogP contribution in [0.25, 0.3) is 11.4 Å². The number of nitrogens with two attached hydrogens (primary N) is 1. The summed E-state index contributed by atoms with van der Waals surface area (Å²) in [5, 5.41) is 3.69. The van der Waals surface area contributed by atoms with Gasteiger partial charge in [0.2, 0.25) is 5.82 Å². The van der Waals surface area contributed by atoms with Gasteiger partial charge in [-0.1, -0.05) is 17.3 Å². The van der Waals surface area contributed by atoms with Crippen molar-refractivity contribution in [3.63, 3.8) is 0 Å². The summed E-state index contributed by atoms with van der Waals surface area (Å²) >= 11 is 0. The monoisotopic (exact) mass is 191 g/mol. The Morgan fingerprint density at radius 1 is 1.43 bits per heavy atom. The molecule has 5 nitrogen and oxygen atoms in total. The second-order valence-corrected chi connectivity index (χ2v) is 2.69. The van der Waals surface area contributed by atoms with Crippen LogP contribution in [0.2, 0.25) is 0 Å². The molecule has 5 heteroatoms. The Bertz CT molecular complexity index is 439. The molecule has 0 aliphatic rings. The topological polar surface area (TPSA) is 74.2 Å². The lowest BCUT2D eigenvalue weighted by molar-refractivity contribution is 0.415. The molecule has 1 aromatic carbocycles. The second kappa shape index (κ2) is 3.37. The first-order valence-electron chi connectivity index (χ1n) is 4.03. The third-order valence-corrected chi connectivity index (χ3v) is 1.77. The van der Waals surface area contributed by atoms with E-state index in [9.17, 15) is 0 Å². The summed E-state index contributed by atoms with van der Waals surface area (Å²) in [7, 11) is 1.60. The normalized spacial score (nSPS) is 10.1. The zero-order chi connectivity index (χ0) is 9.97. The average Bonchev–Trinajstić information content (AvgIpc) is 2.65. The van der Waals surface area contributed by atoms with Gasteiger partial charge in [0.1, 0.15) is 5.75 Å². The molecule has 0 bridgehead atoms. The maximum absolute atomic E-state index is 5.31. The van der Waals surface area contributed by atoms with Crippen molar-refractivity contribution in [2.45, 2.75) is 0 Å². The van der Waals surface area contributed by atoms with E-state index in [2.05, 4.69) is 14.7 Å². The van der Waals surface area contributed by atoms with E-state index < -0.39 is 0 Å². The van der Waals surface area contributed by atoms with Gasteiger partial charge < -0.3 is 15.0 Å². The lowest BCUT2D eigenvalue weighted by Gasteiger charge is -1.99. The lowest BCUT2D eigenvalue weighted by atomic mass is 10.2. The molecule has 0 saturated heterocycles. The van der Waals surface area contributed by atoms with Gasteiger partial charge in [0.25, 0.3) is 0 Å². The van der Waals surface area contributed by atoms with Gasteiger partial charge in [-0.15, -0.1) is 0 Å². The molecule has 2 N–H and O–H groups in total. The number of nitrogens with zero attached hydrogens (tertiary/aromatic N) is 2. The van der Waals surface area contributed by atoms with Crippen molar-refractivity contribution >= 4 is 6.01 Å². The molecule has 0 aliphatic heterocycles. The first-order chi connectivity index (χ1) is 6.79. The summed E-state index contributed by atoms with van der Waals surface area (Å²) in [6, 6.07) is 7.41. The molecule has 0 spiro atoms. The molecule has 14 heavy (non-hydrogen) atoms. The Kier molecular flexibility index (Phi) is 2.06. The van der Waals surface area contributed by atoms with E-state index in [4.69, 9.17) is 10.5 Å². The van der Waals surface area contributed by atoms with Crippen molar-refractivity contribution in [3.05, 3.63) is 24.3 Å². The number of aromatic nitrogens is 2. The van der Waals surface area contributed by atoms with E-state index in [-0.39, 0.29) is 6.01 Å². The predicted molar refractivity (Wildman–Crippen MR) is 50.7 cm³/mol. The molecule has 2 aromatic rings. The minimum atomic E-state index is 0.0582. The molecule has 0 unspecified atom stereocenters. The Morgan fingerprint density at radius 3 is 2.93 bits per heavy atom. The van der Waals surface area contributed by atoms with Crippen LogP contribution in [0.4, 0.5) is 6.01 Å². The molecule has 0 saturated carbocycles. The van der Waals surface area contributed by atoms with Crippen LogP contribution in [0.1, 0.15) is 0 Å². The molecule has 0 radical (unpaired) electrons. The summed E-state index contributed by atoms with van der Waals surface area (Å²) in [4.78, 5) is 3.90. The number of hydrogen-bond donors (Lipinski definition) is 1. The highest BCUT2D eigenvalue weighted by Crippen LogP contribution is 2.21. The highest BCUT2D eigenvalue weighted by Gasteiger charge is 2.06. The van der Waals surface area contributed by atoms with Gasteiger partial charge in [0, 0.05) is 5.56 Å². The predicted octanol–water partition coefficient (Wildman–Crippen LogP) is 1.33. The van der Waals surface area contributed by atoms with Crippen molar-refractivity contribution in [1.29, 1.82) is 0 Å². The fourth-order valence-corrected chi connectivity index (χ4v) is 1.11. The van der Waals surface area contributed by atoms with Crippen molar-refractivity contribution < 1.29 is 9.26 Å². The number of hydrogen-bond acceptors (Lipinski definition) is 5. The van der Waals surface area contributed by atoms with Crippen molar-refractivity contribution in [2.24, 2.45) is 0 Å². The largest absolute Gasteiger partial charge is 0.497 e. The fraction of sp³-hybridized carbons (Fsp3) is 0.111. The Labute approximate surface area is 80.5 Å². The van der Waals surface area contributed by atoms with Gasteiger partial charge in [-0.05, 0) is 12.1 Å². The number of nitrogen functional groups attached to an aromatic ring is 1. The second-order valence-electron chi connectivity index (χ2n) is 2.69. The van der Waals surface area contributed by atoms with Crippen LogP contribution in [0.3, 0.4) is 0 Å². The fourth-order valence-electron chi connectivity index (χ4n) is 1.11. The number of anilines is 1. The lowest BCUT2D eigenvalue weighted by Crippen LogP contribution is -1.86. The van der Waals surface area contributed by atoms with E-state index in [1.54, 1.807) is 7.11 Å². The van der Waals surface area contributed by atoms with Gasteiger partial charge in [-0.25, -0.2) is 0 Å². The van der Waals surface area contributed by atoms with Gasteiger partial charge in [-0.3, -0.25) is 0 Å². The van der Waals surface area contributed by atoms with E-state index in [1.807, 2.05) is 24.3 Å².